The van der Waals surface area contributed by atoms with Gasteiger partial charge in [0.15, 0.2) is 11.7 Å². The van der Waals surface area contributed by atoms with Crippen molar-refractivity contribution in [2.75, 3.05) is 52.5 Å². The molecule has 0 unspecified atom stereocenters. The fraction of sp³-hybridized carbons (Fsp3) is 0.733. The minimum Gasteiger partial charge on any atom is -0.379 e. The van der Waals surface area contributed by atoms with Crippen molar-refractivity contribution < 1.29 is 17.9 Å². The summed E-state index contributed by atoms with van der Waals surface area (Å²) < 4.78 is 42.9. The van der Waals surface area contributed by atoms with Crippen molar-refractivity contribution in [1.82, 2.24) is 20.5 Å². The third-order valence-corrected chi connectivity index (χ3v) is 4.52. The van der Waals surface area contributed by atoms with Gasteiger partial charge < -0.3 is 15.4 Å². The van der Waals surface area contributed by atoms with Crippen molar-refractivity contribution in [1.29, 1.82) is 0 Å². The van der Waals surface area contributed by atoms with Crippen molar-refractivity contribution >= 4 is 17.3 Å². The Morgan fingerprint density at radius 3 is 2.76 bits per heavy atom. The lowest BCUT2D eigenvalue weighted by atomic mass is 10.4. The van der Waals surface area contributed by atoms with Gasteiger partial charge in [-0.1, -0.05) is 0 Å². The molecule has 2 N–H and O–H groups in total. The number of alkyl halides is 3. The Morgan fingerprint density at radius 1 is 1.36 bits per heavy atom. The van der Waals surface area contributed by atoms with Crippen molar-refractivity contribution in [3.05, 3.63) is 16.1 Å². The smallest absolute Gasteiger partial charge is 0.379 e. The Labute approximate surface area is 149 Å². The molecule has 1 saturated heterocycles. The van der Waals surface area contributed by atoms with Crippen LogP contribution >= 0.6 is 11.3 Å². The molecule has 0 radical (unpaired) electrons. The highest BCUT2D eigenvalue weighted by Crippen LogP contribution is 2.29. The number of rotatable bonds is 7. The fourth-order valence-corrected chi connectivity index (χ4v) is 3.12. The molecule has 0 aromatic carbocycles. The van der Waals surface area contributed by atoms with Gasteiger partial charge in [-0.3, -0.25) is 9.89 Å². The minimum absolute atomic E-state index is 0.425. The molecule has 1 aliphatic rings. The molecule has 2 rings (SSSR count). The summed E-state index contributed by atoms with van der Waals surface area (Å²) in [5, 5.41) is 7.79. The molecule has 2 heterocycles. The second kappa shape index (κ2) is 9.93. The van der Waals surface area contributed by atoms with Crippen LogP contribution in [0, 0.1) is 0 Å². The summed E-state index contributed by atoms with van der Waals surface area (Å²) in [6.45, 7) is 8.05. The van der Waals surface area contributed by atoms with E-state index in [-0.39, 0.29) is 0 Å². The van der Waals surface area contributed by atoms with Crippen molar-refractivity contribution in [2.24, 2.45) is 4.99 Å². The van der Waals surface area contributed by atoms with Crippen molar-refractivity contribution in [2.45, 2.75) is 19.5 Å². The second-order valence-electron chi connectivity index (χ2n) is 5.52. The summed E-state index contributed by atoms with van der Waals surface area (Å²) >= 11 is 1.03. The lowest BCUT2D eigenvalue weighted by Crippen LogP contribution is -2.40. The molecule has 0 spiro atoms. The first-order chi connectivity index (χ1) is 12.0. The van der Waals surface area contributed by atoms with Gasteiger partial charge >= 0.3 is 6.18 Å². The lowest BCUT2D eigenvalue weighted by Gasteiger charge is -2.25. The maximum absolute atomic E-state index is 12.5. The molecule has 1 aliphatic heterocycles. The SMILES string of the molecule is CCNC(=NCCN1CCOCC1)NCCc1nc(C(F)(F)F)cs1. The topological polar surface area (TPSA) is 61.8 Å². The Morgan fingerprint density at radius 2 is 2.12 bits per heavy atom. The number of nitrogens with zero attached hydrogens (tertiary/aromatic N) is 3. The molecular formula is C15H24F3N5OS. The highest BCUT2D eigenvalue weighted by molar-refractivity contribution is 7.09. The molecular weight excluding hydrogens is 355 g/mol. The predicted molar refractivity (Wildman–Crippen MR) is 92.1 cm³/mol. The van der Waals surface area contributed by atoms with Crippen LogP contribution in [-0.2, 0) is 17.3 Å². The van der Waals surface area contributed by atoms with Gasteiger partial charge in [0, 0.05) is 44.5 Å². The van der Waals surface area contributed by atoms with Crippen molar-refractivity contribution in [3.63, 3.8) is 0 Å². The van der Waals surface area contributed by atoms with Crippen LogP contribution in [0.4, 0.5) is 13.2 Å². The summed E-state index contributed by atoms with van der Waals surface area (Å²) in [4.78, 5) is 10.4. The zero-order chi connectivity index (χ0) is 18.1. The third kappa shape index (κ3) is 7.17. The predicted octanol–water partition coefficient (Wildman–Crippen LogP) is 1.59. The largest absolute Gasteiger partial charge is 0.434 e. The van der Waals surface area contributed by atoms with Gasteiger partial charge in [-0.15, -0.1) is 11.3 Å². The first kappa shape index (κ1) is 19.9. The summed E-state index contributed by atoms with van der Waals surface area (Å²) in [5.41, 5.74) is -0.821. The van der Waals surface area contributed by atoms with E-state index < -0.39 is 11.9 Å². The number of aliphatic imine (C=N–C) groups is 1. The number of hydrogen-bond acceptors (Lipinski definition) is 5. The molecule has 1 aromatic rings. The van der Waals surface area contributed by atoms with Crippen LogP contribution in [0.3, 0.4) is 0 Å². The van der Waals surface area contributed by atoms with Gasteiger partial charge in [-0.25, -0.2) is 4.98 Å². The number of aromatic nitrogens is 1. The number of halogens is 3. The van der Waals surface area contributed by atoms with Crippen LogP contribution in [0.5, 0.6) is 0 Å². The number of thiazole rings is 1. The van der Waals surface area contributed by atoms with Gasteiger partial charge in [-0.05, 0) is 6.92 Å². The van der Waals surface area contributed by atoms with Crippen molar-refractivity contribution in [3.8, 4) is 0 Å². The van der Waals surface area contributed by atoms with Crippen LogP contribution in [0.2, 0.25) is 0 Å². The number of ether oxygens (including phenoxy) is 1. The van der Waals surface area contributed by atoms with Crippen LogP contribution in [-0.4, -0.2) is 68.3 Å². The van der Waals surface area contributed by atoms with Crippen LogP contribution in [0.25, 0.3) is 0 Å². The van der Waals surface area contributed by atoms with Crippen LogP contribution < -0.4 is 10.6 Å². The average Bonchev–Trinajstić information content (AvgIpc) is 3.05. The highest BCUT2D eigenvalue weighted by atomic mass is 32.1. The average molecular weight is 379 g/mol. The van der Waals surface area contributed by atoms with Gasteiger partial charge in [0.25, 0.3) is 0 Å². The number of morpholine rings is 1. The van der Waals surface area contributed by atoms with Gasteiger partial charge in [-0.2, -0.15) is 13.2 Å². The zero-order valence-electron chi connectivity index (χ0n) is 14.2. The van der Waals surface area contributed by atoms with E-state index in [4.69, 9.17) is 4.74 Å². The molecule has 0 atom stereocenters. The summed E-state index contributed by atoms with van der Waals surface area (Å²) in [5.74, 6) is 0.670. The number of guanidine groups is 1. The molecule has 25 heavy (non-hydrogen) atoms. The number of nitrogens with one attached hydrogen (secondary N) is 2. The lowest BCUT2D eigenvalue weighted by molar-refractivity contribution is -0.140. The molecule has 0 saturated carbocycles. The molecule has 0 aliphatic carbocycles. The first-order valence-corrected chi connectivity index (χ1v) is 9.21. The zero-order valence-corrected chi connectivity index (χ0v) is 15.0. The van der Waals surface area contributed by atoms with E-state index in [1.165, 1.54) is 0 Å². The molecule has 0 amide bonds. The highest BCUT2D eigenvalue weighted by Gasteiger charge is 2.33. The Balaban J connectivity index is 1.74. The maximum Gasteiger partial charge on any atom is 0.434 e. The normalized spacial score (nSPS) is 16.9. The molecule has 1 fully saturated rings. The number of hydrogen-bond donors (Lipinski definition) is 2. The van der Waals surface area contributed by atoms with E-state index in [0.717, 1.165) is 56.1 Å². The molecule has 142 valence electrons. The monoisotopic (exact) mass is 379 g/mol. The third-order valence-electron chi connectivity index (χ3n) is 3.61. The van der Waals surface area contributed by atoms with E-state index in [0.29, 0.717) is 30.5 Å². The van der Waals surface area contributed by atoms with Gasteiger partial charge in [0.2, 0.25) is 0 Å². The van der Waals surface area contributed by atoms with Gasteiger partial charge in [0.1, 0.15) is 0 Å². The Kier molecular flexibility index (Phi) is 7.91. The standard InChI is InChI=1S/C15H24F3N5OS/c1-2-19-14(21-5-6-23-7-9-24-10-8-23)20-4-3-13-22-12(11-25-13)15(16,17)18/h11H,2-10H2,1H3,(H2,19,20,21). The maximum atomic E-state index is 12.5. The Hall–Kier alpha value is -1.39. The quantitative estimate of drug-likeness (QED) is 0.557. The van der Waals surface area contributed by atoms with Crippen LogP contribution in [0.1, 0.15) is 17.6 Å². The van der Waals surface area contributed by atoms with E-state index in [1.54, 1.807) is 0 Å². The minimum atomic E-state index is -4.38. The Bertz CT molecular complexity index is 544. The van der Waals surface area contributed by atoms with E-state index >= 15 is 0 Å². The molecule has 1 aromatic heterocycles. The summed E-state index contributed by atoms with van der Waals surface area (Å²) in [6.07, 6.45) is -3.95. The molecule has 6 nitrogen and oxygen atoms in total. The fourth-order valence-electron chi connectivity index (χ4n) is 2.31. The summed E-state index contributed by atoms with van der Waals surface area (Å²) in [6, 6.07) is 0. The van der Waals surface area contributed by atoms with E-state index in [1.807, 2.05) is 6.92 Å². The van der Waals surface area contributed by atoms with E-state index in [9.17, 15) is 13.2 Å². The summed E-state index contributed by atoms with van der Waals surface area (Å²) in [7, 11) is 0. The first-order valence-electron chi connectivity index (χ1n) is 8.33. The second-order valence-corrected chi connectivity index (χ2v) is 6.46. The van der Waals surface area contributed by atoms with Gasteiger partial charge in [0.05, 0.1) is 24.8 Å². The van der Waals surface area contributed by atoms with E-state index in [2.05, 4.69) is 25.5 Å². The molecule has 0 bridgehead atoms. The molecule has 10 heteroatoms. The van der Waals surface area contributed by atoms with Crippen LogP contribution in [0.15, 0.2) is 10.4 Å².